The van der Waals surface area contributed by atoms with E-state index in [4.69, 9.17) is 0 Å². The van der Waals surface area contributed by atoms with E-state index in [-0.39, 0.29) is 0 Å². The molecule has 0 aliphatic heterocycles. The summed E-state index contributed by atoms with van der Waals surface area (Å²) >= 11 is 0. The van der Waals surface area contributed by atoms with Crippen molar-refractivity contribution < 1.29 is 8.42 Å². The highest BCUT2D eigenvalue weighted by Gasteiger charge is 2.12. The number of hydrogen-bond donors (Lipinski definition) is 2. The van der Waals surface area contributed by atoms with Crippen LogP contribution in [0.2, 0.25) is 0 Å². The van der Waals surface area contributed by atoms with Gasteiger partial charge in [-0.3, -0.25) is 0 Å². The lowest BCUT2D eigenvalue weighted by Gasteiger charge is -2.10. The molecule has 0 amide bonds. The fourth-order valence-corrected chi connectivity index (χ4v) is 3.02. The summed E-state index contributed by atoms with van der Waals surface area (Å²) in [5.74, 6) is 0. The average Bonchev–Trinajstić information content (AvgIpc) is 2.45. The highest BCUT2D eigenvalue weighted by Crippen LogP contribution is 2.11. The van der Waals surface area contributed by atoms with Crippen LogP contribution in [-0.4, -0.2) is 21.0 Å². The zero-order valence-electron chi connectivity index (χ0n) is 13.4. The monoisotopic (exact) mass is 312 g/mol. The Morgan fingerprint density at radius 1 is 1.05 bits per heavy atom. The first kappa shape index (κ1) is 18.1. The smallest absolute Gasteiger partial charge is 0.240 e. The van der Waals surface area contributed by atoms with Gasteiger partial charge in [0.15, 0.2) is 0 Å². The second kappa shape index (κ2) is 9.18. The molecule has 0 aromatic heterocycles. The Morgan fingerprint density at radius 3 is 2.29 bits per heavy atom. The predicted octanol–water partition coefficient (Wildman–Crippen LogP) is 3.04. The van der Waals surface area contributed by atoms with Crippen LogP contribution in [0.5, 0.6) is 0 Å². The molecule has 0 heterocycles. The summed E-state index contributed by atoms with van der Waals surface area (Å²) in [6.45, 7) is 7.57. The molecule has 1 aromatic carbocycles. The van der Waals surface area contributed by atoms with E-state index < -0.39 is 10.0 Å². The number of nitrogens with one attached hydrogen (secondary N) is 2. The zero-order valence-corrected chi connectivity index (χ0v) is 14.2. The molecule has 21 heavy (non-hydrogen) atoms. The molecule has 0 spiro atoms. The Labute approximate surface area is 129 Å². The quantitative estimate of drug-likeness (QED) is 0.653. The van der Waals surface area contributed by atoms with Gasteiger partial charge >= 0.3 is 0 Å². The minimum atomic E-state index is -3.37. The SMILES string of the molecule is CCCCCCNS(=O)(=O)c1ccc(CNC(C)C)cc1. The van der Waals surface area contributed by atoms with Crippen LogP contribution in [0, 0.1) is 0 Å². The summed E-state index contributed by atoms with van der Waals surface area (Å²) in [4.78, 5) is 0.339. The maximum Gasteiger partial charge on any atom is 0.240 e. The Bertz CT molecular complexity index is 496. The van der Waals surface area contributed by atoms with Crippen molar-refractivity contribution in [2.24, 2.45) is 0 Å². The van der Waals surface area contributed by atoms with Crippen LogP contribution < -0.4 is 10.0 Å². The minimum Gasteiger partial charge on any atom is -0.310 e. The number of sulfonamides is 1. The van der Waals surface area contributed by atoms with Crippen molar-refractivity contribution in [2.45, 2.75) is 63.9 Å². The molecular weight excluding hydrogens is 284 g/mol. The van der Waals surface area contributed by atoms with Crippen molar-refractivity contribution in [3.63, 3.8) is 0 Å². The summed E-state index contributed by atoms with van der Waals surface area (Å²) in [6.07, 6.45) is 4.26. The lowest BCUT2D eigenvalue weighted by atomic mass is 10.2. The van der Waals surface area contributed by atoms with E-state index in [9.17, 15) is 8.42 Å². The van der Waals surface area contributed by atoms with Crippen molar-refractivity contribution in [1.82, 2.24) is 10.0 Å². The maximum atomic E-state index is 12.1. The van der Waals surface area contributed by atoms with E-state index in [2.05, 4.69) is 30.8 Å². The molecule has 1 rings (SSSR count). The van der Waals surface area contributed by atoms with Crippen molar-refractivity contribution >= 4 is 10.0 Å². The highest BCUT2D eigenvalue weighted by atomic mass is 32.2. The van der Waals surface area contributed by atoms with Crippen LogP contribution in [0.25, 0.3) is 0 Å². The molecule has 0 aliphatic rings. The third kappa shape index (κ3) is 7.07. The fourth-order valence-electron chi connectivity index (χ4n) is 1.95. The third-order valence-electron chi connectivity index (χ3n) is 3.27. The van der Waals surface area contributed by atoms with Gasteiger partial charge in [0.2, 0.25) is 10.0 Å². The second-order valence-corrected chi connectivity index (χ2v) is 7.40. The van der Waals surface area contributed by atoms with E-state index >= 15 is 0 Å². The van der Waals surface area contributed by atoms with Gasteiger partial charge in [-0.2, -0.15) is 0 Å². The first-order chi connectivity index (χ1) is 9.95. The average molecular weight is 312 g/mol. The van der Waals surface area contributed by atoms with Gasteiger partial charge in [0.05, 0.1) is 4.90 Å². The van der Waals surface area contributed by atoms with Gasteiger partial charge in [-0.05, 0) is 24.1 Å². The van der Waals surface area contributed by atoms with Crippen LogP contribution in [0.3, 0.4) is 0 Å². The first-order valence-electron chi connectivity index (χ1n) is 7.77. The van der Waals surface area contributed by atoms with Crippen molar-refractivity contribution in [2.75, 3.05) is 6.54 Å². The molecule has 1 aromatic rings. The van der Waals surface area contributed by atoms with E-state index in [1.807, 2.05) is 12.1 Å². The molecule has 0 radical (unpaired) electrons. The van der Waals surface area contributed by atoms with Crippen molar-refractivity contribution in [3.05, 3.63) is 29.8 Å². The Hall–Kier alpha value is -0.910. The molecule has 5 heteroatoms. The molecule has 0 atom stereocenters. The number of benzene rings is 1. The first-order valence-corrected chi connectivity index (χ1v) is 9.26. The van der Waals surface area contributed by atoms with Crippen molar-refractivity contribution in [3.8, 4) is 0 Å². The van der Waals surface area contributed by atoms with E-state index in [0.29, 0.717) is 17.5 Å². The van der Waals surface area contributed by atoms with Crippen LogP contribution >= 0.6 is 0 Å². The molecule has 0 saturated heterocycles. The van der Waals surface area contributed by atoms with Gasteiger partial charge in [-0.15, -0.1) is 0 Å². The van der Waals surface area contributed by atoms with E-state index in [1.54, 1.807) is 12.1 Å². The van der Waals surface area contributed by atoms with Crippen molar-refractivity contribution in [1.29, 1.82) is 0 Å². The van der Waals surface area contributed by atoms with Crippen LogP contribution in [0.15, 0.2) is 29.2 Å². The molecule has 0 bridgehead atoms. The van der Waals surface area contributed by atoms with Gasteiger partial charge in [-0.25, -0.2) is 13.1 Å². The number of rotatable bonds is 10. The maximum absolute atomic E-state index is 12.1. The van der Waals surface area contributed by atoms with Gasteiger partial charge in [0, 0.05) is 19.1 Å². The molecule has 4 nitrogen and oxygen atoms in total. The summed E-state index contributed by atoms with van der Waals surface area (Å²) in [5.41, 5.74) is 1.09. The summed E-state index contributed by atoms with van der Waals surface area (Å²) in [5, 5.41) is 3.31. The molecule has 0 unspecified atom stereocenters. The predicted molar refractivity (Wildman–Crippen MR) is 87.7 cm³/mol. The van der Waals surface area contributed by atoms with Gasteiger partial charge < -0.3 is 5.32 Å². The summed E-state index contributed by atoms with van der Waals surface area (Å²) in [6, 6.07) is 7.48. The largest absolute Gasteiger partial charge is 0.310 e. The molecule has 0 fully saturated rings. The molecule has 0 aliphatic carbocycles. The normalized spacial score (nSPS) is 12.0. The van der Waals surface area contributed by atoms with Crippen LogP contribution in [0.1, 0.15) is 52.0 Å². The molecule has 2 N–H and O–H groups in total. The molecular formula is C16H28N2O2S. The number of unbranched alkanes of at least 4 members (excludes halogenated alkanes) is 3. The Balaban J connectivity index is 2.51. The van der Waals surface area contributed by atoms with Gasteiger partial charge in [0.1, 0.15) is 0 Å². The summed E-state index contributed by atoms with van der Waals surface area (Å²) < 4.78 is 26.9. The molecule has 0 saturated carbocycles. The molecule has 120 valence electrons. The van der Waals surface area contributed by atoms with Gasteiger partial charge in [0.25, 0.3) is 0 Å². The zero-order chi connectivity index (χ0) is 15.7. The topological polar surface area (TPSA) is 58.2 Å². The van der Waals surface area contributed by atoms with Crippen LogP contribution in [-0.2, 0) is 16.6 Å². The standard InChI is InChI=1S/C16H28N2O2S/c1-4-5-6-7-12-18-21(19,20)16-10-8-15(9-11-16)13-17-14(2)3/h8-11,14,17-18H,4-7,12-13H2,1-3H3. The number of hydrogen-bond acceptors (Lipinski definition) is 3. The second-order valence-electron chi connectivity index (χ2n) is 5.64. The highest BCUT2D eigenvalue weighted by molar-refractivity contribution is 7.89. The summed E-state index contributed by atoms with van der Waals surface area (Å²) in [7, 11) is -3.37. The van der Waals surface area contributed by atoms with Gasteiger partial charge in [-0.1, -0.05) is 52.2 Å². The van der Waals surface area contributed by atoms with Crippen LogP contribution in [0.4, 0.5) is 0 Å². The van der Waals surface area contributed by atoms with E-state index in [1.165, 1.54) is 0 Å². The van der Waals surface area contributed by atoms with E-state index in [0.717, 1.165) is 37.8 Å². The third-order valence-corrected chi connectivity index (χ3v) is 4.75. The Morgan fingerprint density at radius 2 is 1.71 bits per heavy atom. The minimum absolute atomic E-state index is 0.339. The Kier molecular flexibility index (Phi) is 7.93. The lowest BCUT2D eigenvalue weighted by molar-refractivity contribution is 0.573. The lowest BCUT2D eigenvalue weighted by Crippen LogP contribution is -2.25. The fraction of sp³-hybridized carbons (Fsp3) is 0.625.